The first kappa shape index (κ1) is 29.8. The third kappa shape index (κ3) is 11.5. The largest absolute Gasteiger partial charge is 0.493 e. The summed E-state index contributed by atoms with van der Waals surface area (Å²) in [5, 5.41) is 14.8. The van der Waals surface area contributed by atoms with Gasteiger partial charge in [-0.25, -0.2) is 5.48 Å². The average Bonchev–Trinajstić information content (AvgIpc) is 2.87. The van der Waals surface area contributed by atoms with Gasteiger partial charge in [0, 0.05) is 18.3 Å². The van der Waals surface area contributed by atoms with E-state index >= 15 is 0 Å². The summed E-state index contributed by atoms with van der Waals surface area (Å²) in [5.74, 6) is -0.592. The van der Waals surface area contributed by atoms with Crippen LogP contribution < -0.4 is 31.3 Å². The summed E-state index contributed by atoms with van der Waals surface area (Å²) in [4.78, 5) is 24.0. The Balaban J connectivity index is 2.14. The molecule has 0 radical (unpaired) electrons. The summed E-state index contributed by atoms with van der Waals surface area (Å²) in [7, 11) is 0. The van der Waals surface area contributed by atoms with Gasteiger partial charge in [0.25, 0.3) is 5.91 Å². The van der Waals surface area contributed by atoms with Gasteiger partial charge in [0.1, 0.15) is 5.75 Å². The molecule has 0 fully saturated rings. The lowest BCUT2D eigenvalue weighted by molar-refractivity contribution is -0.154. The van der Waals surface area contributed by atoms with Crippen molar-refractivity contribution in [3.05, 3.63) is 23.8 Å². The van der Waals surface area contributed by atoms with Crippen LogP contribution in [0.25, 0.3) is 0 Å². The number of amides is 1. The molecular weight excluding hydrogens is 495 g/mol. The molecule has 1 aromatic heterocycles. The fourth-order valence-corrected chi connectivity index (χ4v) is 3.19. The number of aromatic nitrogens is 3. The lowest BCUT2D eigenvalue weighted by atomic mass is 10.1. The van der Waals surface area contributed by atoms with E-state index in [1.54, 1.807) is 5.48 Å². The number of unbranched alkanes of at least 4 members (excludes halogenated alkanes) is 5. The van der Waals surface area contributed by atoms with Crippen LogP contribution in [-0.2, 0) is 0 Å². The van der Waals surface area contributed by atoms with E-state index in [-0.39, 0.29) is 23.2 Å². The minimum Gasteiger partial charge on any atom is -0.493 e. The van der Waals surface area contributed by atoms with Crippen LogP contribution in [0.3, 0.4) is 0 Å². The summed E-state index contributed by atoms with van der Waals surface area (Å²) in [6, 6.07) is 3.89. The quantitative estimate of drug-likeness (QED) is 0.114. The number of benzene rings is 1. The Labute approximate surface area is 213 Å². The molecule has 6 N–H and O–H groups in total. The van der Waals surface area contributed by atoms with E-state index in [4.69, 9.17) is 20.4 Å². The molecule has 2 aromatic rings. The highest BCUT2D eigenvalue weighted by atomic mass is 19.4. The zero-order valence-corrected chi connectivity index (χ0v) is 20.7. The first-order valence-corrected chi connectivity index (χ1v) is 12.1. The molecule has 0 saturated carbocycles. The number of hydroxylamine groups is 1. The number of ether oxygens (including phenoxy) is 2. The number of hydrogen-bond donors (Lipinski definition) is 5. The molecule has 206 valence electrons. The smallest absolute Gasteiger partial charge is 0.422 e. The molecule has 0 saturated heterocycles. The van der Waals surface area contributed by atoms with Crippen molar-refractivity contribution in [3.8, 4) is 11.8 Å². The highest BCUT2D eigenvalue weighted by molar-refractivity contribution is 5.96. The standard InChI is InChI=1S/C23H34F3N7O4/c1-2-13-36-18-14-16(9-10-17(18)19(34)33-35)29-21-30-20(28-12-8-6-4-3-5-7-11-27)31-22(32-21)37-15-23(24,25)26/h9-10,14,35H,2-8,11-13,15,27H2,1H3,(H,33,34)(H2,28,29,30,31,32). The average molecular weight is 530 g/mol. The van der Waals surface area contributed by atoms with Gasteiger partial charge in [0.15, 0.2) is 6.61 Å². The predicted molar refractivity (Wildman–Crippen MR) is 131 cm³/mol. The molecule has 11 nitrogen and oxygen atoms in total. The number of nitrogens with two attached hydrogens (primary N) is 1. The van der Waals surface area contributed by atoms with Crippen LogP contribution in [-0.4, -0.2) is 58.5 Å². The Morgan fingerprint density at radius 1 is 1.03 bits per heavy atom. The number of carbonyl (C=O) groups excluding carboxylic acids is 1. The van der Waals surface area contributed by atoms with Crippen LogP contribution in [0, 0.1) is 0 Å². The van der Waals surface area contributed by atoms with Crippen molar-refractivity contribution in [2.24, 2.45) is 5.73 Å². The van der Waals surface area contributed by atoms with E-state index < -0.39 is 24.7 Å². The molecule has 0 aliphatic carbocycles. The molecule has 2 rings (SSSR count). The van der Waals surface area contributed by atoms with E-state index in [2.05, 4.69) is 25.6 Å². The van der Waals surface area contributed by atoms with Gasteiger partial charge in [-0.1, -0.05) is 32.6 Å². The van der Waals surface area contributed by atoms with Gasteiger partial charge >= 0.3 is 12.2 Å². The molecule has 1 aromatic carbocycles. The Kier molecular flexibility index (Phi) is 12.6. The van der Waals surface area contributed by atoms with Crippen molar-refractivity contribution in [1.82, 2.24) is 20.4 Å². The summed E-state index contributed by atoms with van der Waals surface area (Å²) in [6.45, 7) is 1.85. The van der Waals surface area contributed by atoms with Crippen molar-refractivity contribution in [2.45, 2.75) is 58.0 Å². The van der Waals surface area contributed by atoms with Crippen LogP contribution in [0.2, 0.25) is 0 Å². The van der Waals surface area contributed by atoms with Crippen LogP contribution >= 0.6 is 0 Å². The maximum Gasteiger partial charge on any atom is 0.422 e. The maximum atomic E-state index is 12.7. The molecule has 0 unspecified atom stereocenters. The minimum absolute atomic E-state index is 0.0524. The summed E-state index contributed by atoms with van der Waals surface area (Å²) < 4.78 is 48.3. The minimum atomic E-state index is -4.56. The number of nitrogens with one attached hydrogen (secondary N) is 3. The molecular formula is C23H34F3N7O4. The second-order valence-corrected chi connectivity index (χ2v) is 8.13. The number of alkyl halides is 3. The summed E-state index contributed by atoms with van der Waals surface area (Å²) >= 11 is 0. The molecule has 37 heavy (non-hydrogen) atoms. The lowest BCUT2D eigenvalue weighted by Gasteiger charge is -2.14. The van der Waals surface area contributed by atoms with Crippen molar-refractivity contribution in [1.29, 1.82) is 0 Å². The Hall–Kier alpha value is -3.39. The van der Waals surface area contributed by atoms with E-state index in [1.807, 2.05) is 6.92 Å². The summed E-state index contributed by atoms with van der Waals surface area (Å²) in [5.41, 5.74) is 7.52. The van der Waals surface area contributed by atoms with Gasteiger partial charge in [0.05, 0.1) is 12.2 Å². The predicted octanol–water partition coefficient (Wildman–Crippen LogP) is 4.18. The van der Waals surface area contributed by atoms with Crippen molar-refractivity contribution in [2.75, 3.05) is 36.9 Å². The number of nitrogens with zero attached hydrogens (tertiary/aromatic N) is 3. The monoisotopic (exact) mass is 529 g/mol. The van der Waals surface area contributed by atoms with Gasteiger partial charge in [-0.15, -0.1) is 0 Å². The number of halogens is 3. The maximum absolute atomic E-state index is 12.7. The van der Waals surface area contributed by atoms with Crippen LogP contribution in [0.4, 0.5) is 30.8 Å². The van der Waals surface area contributed by atoms with Crippen LogP contribution in [0.5, 0.6) is 11.8 Å². The SMILES string of the molecule is CCCOc1cc(Nc2nc(NCCCCCCCCN)nc(OCC(F)(F)F)n2)ccc1C(=O)NO. The molecule has 0 spiro atoms. The molecule has 0 aliphatic rings. The van der Waals surface area contributed by atoms with Crippen molar-refractivity contribution < 1.29 is 32.6 Å². The molecule has 0 atom stereocenters. The fourth-order valence-electron chi connectivity index (χ4n) is 3.19. The van der Waals surface area contributed by atoms with Crippen molar-refractivity contribution in [3.63, 3.8) is 0 Å². The van der Waals surface area contributed by atoms with Gasteiger partial charge < -0.3 is 25.8 Å². The zero-order valence-electron chi connectivity index (χ0n) is 20.7. The summed E-state index contributed by atoms with van der Waals surface area (Å²) in [6.07, 6.45) is 2.14. The Morgan fingerprint density at radius 2 is 1.73 bits per heavy atom. The molecule has 0 aliphatic heterocycles. The molecule has 0 bridgehead atoms. The van der Waals surface area contributed by atoms with E-state index in [0.29, 0.717) is 31.8 Å². The van der Waals surface area contributed by atoms with Crippen molar-refractivity contribution >= 4 is 23.5 Å². The van der Waals surface area contributed by atoms with Crippen LogP contribution in [0.1, 0.15) is 62.2 Å². The molecule has 1 heterocycles. The van der Waals surface area contributed by atoms with Gasteiger partial charge in [0.2, 0.25) is 11.9 Å². The third-order valence-corrected chi connectivity index (χ3v) is 4.94. The first-order valence-electron chi connectivity index (χ1n) is 12.1. The topological polar surface area (TPSA) is 157 Å². The highest BCUT2D eigenvalue weighted by Gasteiger charge is 2.29. The number of anilines is 3. The van der Waals surface area contributed by atoms with Crippen LogP contribution in [0.15, 0.2) is 18.2 Å². The molecule has 14 heteroatoms. The Morgan fingerprint density at radius 3 is 2.41 bits per heavy atom. The zero-order chi connectivity index (χ0) is 27.1. The second-order valence-electron chi connectivity index (χ2n) is 8.13. The van der Waals surface area contributed by atoms with E-state index in [9.17, 15) is 18.0 Å². The normalized spacial score (nSPS) is 11.2. The first-order chi connectivity index (χ1) is 17.8. The lowest BCUT2D eigenvalue weighted by Crippen LogP contribution is -2.21. The van der Waals surface area contributed by atoms with Gasteiger partial charge in [-0.3, -0.25) is 10.0 Å². The Bertz CT molecular complexity index is 980. The fraction of sp³-hybridized carbons (Fsp3) is 0.565. The van der Waals surface area contributed by atoms with E-state index in [1.165, 1.54) is 18.2 Å². The number of hydrogen-bond acceptors (Lipinski definition) is 10. The number of rotatable bonds is 17. The number of carbonyl (C=O) groups is 1. The third-order valence-electron chi connectivity index (χ3n) is 4.94. The second kappa shape index (κ2) is 15.7. The van der Waals surface area contributed by atoms with Gasteiger partial charge in [-0.05, 0) is 37.9 Å². The molecule has 1 amide bonds. The van der Waals surface area contributed by atoms with Gasteiger partial charge in [-0.2, -0.15) is 28.1 Å². The highest BCUT2D eigenvalue weighted by Crippen LogP contribution is 2.26. The van der Waals surface area contributed by atoms with E-state index in [0.717, 1.165) is 38.5 Å².